The second kappa shape index (κ2) is 5.36. The molecule has 0 radical (unpaired) electrons. The first-order valence-electron chi connectivity index (χ1n) is 8.05. The summed E-state index contributed by atoms with van der Waals surface area (Å²) < 4.78 is 1.84. The van der Waals surface area contributed by atoms with E-state index in [1.165, 1.54) is 5.56 Å². The molecule has 5 rings (SSSR count). The first-order chi connectivity index (χ1) is 11.9. The lowest BCUT2D eigenvalue weighted by atomic mass is 10.0. The molecule has 2 aromatic carbocycles. The second-order valence-corrected chi connectivity index (χ2v) is 6.07. The van der Waals surface area contributed by atoms with Crippen LogP contribution < -0.4 is 10.9 Å². The molecule has 2 N–H and O–H groups in total. The third-order valence-electron chi connectivity index (χ3n) is 4.60. The van der Waals surface area contributed by atoms with Crippen molar-refractivity contribution in [1.29, 1.82) is 0 Å². The molecule has 0 aliphatic carbocycles. The van der Waals surface area contributed by atoms with Gasteiger partial charge in [-0.25, -0.2) is 10.9 Å². The smallest absolute Gasteiger partial charge is 0.185 e. The molecule has 6 heteroatoms. The molecule has 118 valence electrons. The third-order valence-corrected chi connectivity index (χ3v) is 4.60. The Kier molecular flexibility index (Phi) is 3.04. The van der Waals surface area contributed by atoms with Crippen molar-refractivity contribution in [3.63, 3.8) is 0 Å². The Morgan fingerprint density at radius 3 is 2.58 bits per heavy atom. The highest BCUT2D eigenvalue weighted by atomic mass is 15.5. The molecule has 4 aromatic rings. The molecule has 2 aromatic heterocycles. The molecule has 1 aliphatic heterocycles. The Balaban J connectivity index is 1.53. The van der Waals surface area contributed by atoms with Crippen LogP contribution in [-0.2, 0) is 0 Å². The highest BCUT2D eigenvalue weighted by Gasteiger charge is 2.30. The van der Waals surface area contributed by atoms with Crippen LogP contribution in [-0.4, -0.2) is 19.8 Å². The van der Waals surface area contributed by atoms with E-state index in [-0.39, 0.29) is 12.1 Å². The molecule has 3 heterocycles. The topological polar surface area (TPSA) is 67.1 Å². The first-order valence-corrected chi connectivity index (χ1v) is 8.05. The van der Waals surface area contributed by atoms with Gasteiger partial charge in [-0.1, -0.05) is 54.6 Å². The van der Waals surface area contributed by atoms with Gasteiger partial charge in [0, 0.05) is 16.8 Å². The maximum Gasteiger partial charge on any atom is 0.185 e. The molecule has 0 saturated carbocycles. The molecule has 1 fully saturated rings. The molecule has 2 unspecified atom stereocenters. The molecular formula is C18H16N6. The summed E-state index contributed by atoms with van der Waals surface area (Å²) >= 11 is 0. The zero-order chi connectivity index (χ0) is 15.9. The minimum absolute atomic E-state index is 0.0684. The largest absolute Gasteiger partial charge is 0.250 e. The molecule has 1 aliphatic rings. The summed E-state index contributed by atoms with van der Waals surface area (Å²) in [6.45, 7) is 0. The van der Waals surface area contributed by atoms with Crippen molar-refractivity contribution >= 4 is 16.4 Å². The van der Waals surface area contributed by atoms with Gasteiger partial charge in [0.1, 0.15) is 0 Å². The van der Waals surface area contributed by atoms with E-state index in [0.29, 0.717) is 0 Å². The van der Waals surface area contributed by atoms with Gasteiger partial charge < -0.3 is 0 Å². The fourth-order valence-corrected chi connectivity index (χ4v) is 3.35. The van der Waals surface area contributed by atoms with Gasteiger partial charge >= 0.3 is 0 Å². The molecule has 0 bridgehead atoms. The van der Waals surface area contributed by atoms with E-state index in [9.17, 15) is 0 Å². The van der Waals surface area contributed by atoms with Crippen LogP contribution in [0.4, 0.5) is 0 Å². The van der Waals surface area contributed by atoms with Crippen LogP contribution in [0.2, 0.25) is 0 Å². The summed E-state index contributed by atoms with van der Waals surface area (Å²) in [6.07, 6.45) is 2.77. The van der Waals surface area contributed by atoms with E-state index < -0.39 is 0 Å². The van der Waals surface area contributed by atoms with Gasteiger partial charge in [0.2, 0.25) is 0 Å². The number of nitrogens with one attached hydrogen (secondary N) is 2. The van der Waals surface area contributed by atoms with Gasteiger partial charge in [-0.2, -0.15) is 9.61 Å². The fourth-order valence-electron chi connectivity index (χ4n) is 3.35. The number of fused-ring (bicyclic) bond motifs is 3. The minimum Gasteiger partial charge on any atom is -0.250 e. The van der Waals surface area contributed by atoms with Crippen molar-refractivity contribution in [1.82, 2.24) is 30.7 Å². The van der Waals surface area contributed by atoms with Crippen molar-refractivity contribution in [3.8, 4) is 0 Å². The predicted molar refractivity (Wildman–Crippen MR) is 91.1 cm³/mol. The van der Waals surface area contributed by atoms with E-state index >= 15 is 0 Å². The van der Waals surface area contributed by atoms with Crippen LogP contribution >= 0.6 is 0 Å². The molecule has 2 atom stereocenters. The van der Waals surface area contributed by atoms with Gasteiger partial charge in [0.05, 0.1) is 12.2 Å². The molecular weight excluding hydrogens is 300 g/mol. The quantitative estimate of drug-likeness (QED) is 0.595. The summed E-state index contributed by atoms with van der Waals surface area (Å²) in [4.78, 5) is 0. The van der Waals surface area contributed by atoms with Crippen molar-refractivity contribution in [2.45, 2.75) is 18.5 Å². The van der Waals surface area contributed by atoms with Crippen molar-refractivity contribution in [2.24, 2.45) is 0 Å². The van der Waals surface area contributed by atoms with Crippen LogP contribution in [0.1, 0.15) is 29.9 Å². The molecule has 0 amide bonds. The molecule has 1 saturated heterocycles. The Labute approximate surface area is 138 Å². The summed E-state index contributed by atoms with van der Waals surface area (Å²) in [6, 6.07) is 18.9. The number of rotatable bonds is 2. The highest BCUT2D eigenvalue weighted by Crippen LogP contribution is 2.30. The van der Waals surface area contributed by atoms with Crippen molar-refractivity contribution < 1.29 is 0 Å². The van der Waals surface area contributed by atoms with E-state index in [2.05, 4.69) is 56.5 Å². The third kappa shape index (κ3) is 2.08. The summed E-state index contributed by atoms with van der Waals surface area (Å²) in [5.74, 6) is 0.835. The number of hydrazine groups is 1. The van der Waals surface area contributed by atoms with Crippen molar-refractivity contribution in [3.05, 3.63) is 72.2 Å². The molecule has 6 nitrogen and oxygen atoms in total. The standard InChI is InChI=1S/C18H16N6/c1-2-6-12(7-3-1)15-10-16(21-20-15)18-23-22-17-14-9-5-4-8-13(14)11-19-24(17)18/h1-9,11,15-16,20-21H,10H2. The predicted octanol–water partition coefficient (Wildman–Crippen LogP) is 2.56. The number of hydrogen-bond acceptors (Lipinski definition) is 5. The molecule has 0 spiro atoms. The monoisotopic (exact) mass is 316 g/mol. The van der Waals surface area contributed by atoms with Gasteiger partial charge in [0.25, 0.3) is 0 Å². The van der Waals surface area contributed by atoms with Crippen LogP contribution in [0, 0.1) is 0 Å². The van der Waals surface area contributed by atoms with Gasteiger partial charge in [0.15, 0.2) is 11.5 Å². The lowest BCUT2D eigenvalue weighted by Gasteiger charge is -2.08. The maximum absolute atomic E-state index is 4.54. The Bertz CT molecular complexity index is 1010. The maximum atomic E-state index is 4.54. The average molecular weight is 316 g/mol. The number of aromatic nitrogens is 4. The Morgan fingerprint density at radius 1 is 0.875 bits per heavy atom. The van der Waals surface area contributed by atoms with Gasteiger partial charge in [-0.05, 0) is 12.0 Å². The van der Waals surface area contributed by atoms with Crippen LogP contribution in [0.5, 0.6) is 0 Å². The first kappa shape index (κ1) is 13.6. The Morgan fingerprint density at radius 2 is 1.67 bits per heavy atom. The van der Waals surface area contributed by atoms with Crippen LogP contribution in [0.15, 0.2) is 60.8 Å². The zero-order valence-corrected chi connectivity index (χ0v) is 12.9. The average Bonchev–Trinajstić information content (AvgIpc) is 3.29. The lowest BCUT2D eigenvalue weighted by Crippen LogP contribution is -2.27. The SMILES string of the molecule is c1ccc(C2CC(c3nnc4c5ccccc5cnn34)NN2)cc1. The van der Waals surface area contributed by atoms with Gasteiger partial charge in [-0.3, -0.25) is 0 Å². The van der Waals surface area contributed by atoms with Crippen LogP contribution in [0.3, 0.4) is 0 Å². The number of hydrogen-bond donors (Lipinski definition) is 2. The van der Waals surface area contributed by atoms with E-state index in [0.717, 1.165) is 28.7 Å². The van der Waals surface area contributed by atoms with E-state index in [1.54, 1.807) is 0 Å². The zero-order valence-electron chi connectivity index (χ0n) is 12.9. The van der Waals surface area contributed by atoms with E-state index in [4.69, 9.17) is 0 Å². The van der Waals surface area contributed by atoms with Crippen LogP contribution in [0.25, 0.3) is 16.4 Å². The highest BCUT2D eigenvalue weighted by molar-refractivity contribution is 5.92. The van der Waals surface area contributed by atoms with Crippen molar-refractivity contribution in [2.75, 3.05) is 0 Å². The normalized spacial score (nSPS) is 20.8. The number of benzene rings is 2. The summed E-state index contributed by atoms with van der Waals surface area (Å²) in [7, 11) is 0. The van der Waals surface area contributed by atoms with E-state index in [1.807, 2.05) is 35.0 Å². The minimum atomic E-state index is 0.0684. The number of nitrogens with zero attached hydrogens (tertiary/aromatic N) is 4. The summed E-state index contributed by atoms with van der Waals surface area (Å²) in [5, 5.41) is 15.5. The molecule has 24 heavy (non-hydrogen) atoms. The second-order valence-electron chi connectivity index (χ2n) is 6.07. The van der Waals surface area contributed by atoms with Gasteiger partial charge in [-0.15, -0.1) is 10.2 Å². The Hall–Kier alpha value is -2.83. The fraction of sp³-hybridized carbons (Fsp3) is 0.167. The lowest BCUT2D eigenvalue weighted by molar-refractivity contribution is 0.532. The summed E-state index contributed by atoms with van der Waals surface area (Å²) in [5.41, 5.74) is 8.75.